The third-order valence-electron chi connectivity index (χ3n) is 2.91. The van der Waals surface area contributed by atoms with Crippen molar-refractivity contribution in [2.45, 2.75) is 25.8 Å². The Hall–Kier alpha value is -2.02. The molecule has 0 spiro atoms. The van der Waals surface area contributed by atoms with Gasteiger partial charge in [0.2, 0.25) is 5.91 Å². The maximum absolute atomic E-state index is 11.6. The molecule has 1 atom stereocenters. The van der Waals surface area contributed by atoms with Crippen molar-refractivity contribution in [1.82, 2.24) is 5.32 Å². The highest BCUT2D eigenvalue weighted by molar-refractivity contribution is 5.85. The molecule has 2 N–H and O–H groups in total. The fourth-order valence-electron chi connectivity index (χ4n) is 1.97. The van der Waals surface area contributed by atoms with E-state index in [1.165, 1.54) is 0 Å². The second-order valence-corrected chi connectivity index (χ2v) is 4.29. The van der Waals surface area contributed by atoms with Gasteiger partial charge >= 0.3 is 0 Å². The van der Waals surface area contributed by atoms with E-state index in [2.05, 4.69) is 16.7 Å². The van der Waals surface area contributed by atoms with Gasteiger partial charge in [-0.2, -0.15) is 5.26 Å². The number of amides is 1. The molecule has 1 saturated heterocycles. The number of aryl methyl sites for hydroxylation is 1. The molecule has 0 aliphatic carbocycles. The number of carbonyl (C=O) groups is 1. The molecule has 1 unspecified atom stereocenters. The summed E-state index contributed by atoms with van der Waals surface area (Å²) in [5, 5.41) is 15.0. The summed E-state index contributed by atoms with van der Waals surface area (Å²) in [6, 6.07) is 7.48. The summed E-state index contributed by atoms with van der Waals surface area (Å²) in [4.78, 5) is 11.6. The summed E-state index contributed by atoms with van der Waals surface area (Å²) in [5.74, 6) is 0.0154. The topological polar surface area (TPSA) is 64.9 Å². The molecule has 1 fully saturated rings. The van der Waals surface area contributed by atoms with Crippen LogP contribution in [0.15, 0.2) is 18.2 Å². The van der Waals surface area contributed by atoms with E-state index in [9.17, 15) is 4.79 Å². The normalized spacial score (nSPS) is 19.3. The first-order chi connectivity index (χ1) is 8.20. The van der Waals surface area contributed by atoms with Gasteiger partial charge in [-0.1, -0.05) is 6.07 Å². The smallest absolute Gasteiger partial charge is 0.242 e. The van der Waals surface area contributed by atoms with Gasteiger partial charge in [-0.25, -0.2) is 0 Å². The maximum atomic E-state index is 11.6. The summed E-state index contributed by atoms with van der Waals surface area (Å²) in [7, 11) is 0. The number of hydrogen-bond acceptors (Lipinski definition) is 3. The van der Waals surface area contributed by atoms with Gasteiger partial charge in [0.25, 0.3) is 0 Å². The standard InChI is InChI=1S/C13H15N3O/c1-9-4-5-10(8-14)12(7-9)16-11-3-2-6-15-13(11)17/h4-5,7,11,16H,2-3,6H2,1H3,(H,15,17). The number of anilines is 1. The zero-order valence-corrected chi connectivity index (χ0v) is 9.79. The van der Waals surface area contributed by atoms with Gasteiger partial charge in [0.05, 0.1) is 11.3 Å². The van der Waals surface area contributed by atoms with Crippen molar-refractivity contribution in [3.8, 4) is 6.07 Å². The quantitative estimate of drug-likeness (QED) is 0.808. The summed E-state index contributed by atoms with van der Waals surface area (Å²) in [5.41, 5.74) is 2.39. The van der Waals surface area contributed by atoms with E-state index in [4.69, 9.17) is 5.26 Å². The fraction of sp³-hybridized carbons (Fsp3) is 0.385. The van der Waals surface area contributed by atoms with Gasteiger partial charge in [-0.05, 0) is 37.5 Å². The number of piperidine rings is 1. The lowest BCUT2D eigenvalue weighted by atomic mass is 10.0. The van der Waals surface area contributed by atoms with Crippen LogP contribution >= 0.6 is 0 Å². The number of nitriles is 1. The molecule has 1 aliphatic rings. The van der Waals surface area contributed by atoms with Gasteiger partial charge in [0.15, 0.2) is 0 Å². The zero-order chi connectivity index (χ0) is 12.3. The minimum absolute atomic E-state index is 0.0154. The van der Waals surface area contributed by atoms with E-state index in [0.717, 1.165) is 30.6 Å². The van der Waals surface area contributed by atoms with Gasteiger partial charge in [-0.3, -0.25) is 4.79 Å². The Bertz CT molecular complexity index is 476. The van der Waals surface area contributed by atoms with Crippen molar-refractivity contribution in [3.05, 3.63) is 29.3 Å². The lowest BCUT2D eigenvalue weighted by Gasteiger charge is -2.24. The second-order valence-electron chi connectivity index (χ2n) is 4.29. The lowest BCUT2D eigenvalue weighted by Crippen LogP contribution is -2.44. The average molecular weight is 229 g/mol. The van der Waals surface area contributed by atoms with Crippen LogP contribution in [0.2, 0.25) is 0 Å². The predicted molar refractivity (Wildman–Crippen MR) is 65.5 cm³/mol. The van der Waals surface area contributed by atoms with Crippen molar-refractivity contribution < 1.29 is 4.79 Å². The minimum atomic E-state index is -0.224. The van der Waals surface area contributed by atoms with Crippen molar-refractivity contribution in [2.24, 2.45) is 0 Å². The highest BCUT2D eigenvalue weighted by atomic mass is 16.2. The third-order valence-corrected chi connectivity index (χ3v) is 2.91. The number of rotatable bonds is 2. The molecular weight excluding hydrogens is 214 g/mol. The Labute approximate surface area is 101 Å². The summed E-state index contributed by atoms with van der Waals surface area (Å²) >= 11 is 0. The Morgan fingerprint density at radius 3 is 3.06 bits per heavy atom. The lowest BCUT2D eigenvalue weighted by molar-refractivity contribution is -0.123. The van der Waals surface area contributed by atoms with Crippen molar-refractivity contribution in [2.75, 3.05) is 11.9 Å². The van der Waals surface area contributed by atoms with Crippen LogP contribution in [0.3, 0.4) is 0 Å². The maximum Gasteiger partial charge on any atom is 0.242 e. The molecular formula is C13H15N3O. The van der Waals surface area contributed by atoms with Crippen LogP contribution in [-0.4, -0.2) is 18.5 Å². The number of nitrogens with one attached hydrogen (secondary N) is 2. The number of benzene rings is 1. The van der Waals surface area contributed by atoms with Crippen molar-refractivity contribution in [1.29, 1.82) is 5.26 Å². The first kappa shape index (κ1) is 11.5. The van der Waals surface area contributed by atoms with Crippen LogP contribution in [-0.2, 0) is 4.79 Å². The molecule has 17 heavy (non-hydrogen) atoms. The highest BCUT2D eigenvalue weighted by Gasteiger charge is 2.22. The zero-order valence-electron chi connectivity index (χ0n) is 9.79. The van der Waals surface area contributed by atoms with Crippen LogP contribution in [0.5, 0.6) is 0 Å². The largest absolute Gasteiger partial charge is 0.373 e. The molecule has 1 amide bonds. The predicted octanol–water partition coefficient (Wildman–Crippen LogP) is 1.56. The molecule has 1 aromatic carbocycles. The first-order valence-corrected chi connectivity index (χ1v) is 5.75. The van der Waals surface area contributed by atoms with Crippen molar-refractivity contribution in [3.63, 3.8) is 0 Å². The van der Waals surface area contributed by atoms with Crippen molar-refractivity contribution >= 4 is 11.6 Å². The summed E-state index contributed by atoms with van der Waals surface area (Å²) in [6.45, 7) is 2.71. The van der Waals surface area contributed by atoms with Gasteiger partial charge in [-0.15, -0.1) is 0 Å². The van der Waals surface area contributed by atoms with Crippen LogP contribution < -0.4 is 10.6 Å². The van der Waals surface area contributed by atoms with E-state index < -0.39 is 0 Å². The Morgan fingerprint density at radius 2 is 2.35 bits per heavy atom. The monoisotopic (exact) mass is 229 g/mol. The number of hydrogen-bond donors (Lipinski definition) is 2. The Kier molecular flexibility index (Phi) is 3.29. The Balaban J connectivity index is 2.20. The number of nitrogens with zero attached hydrogens (tertiary/aromatic N) is 1. The fourth-order valence-corrected chi connectivity index (χ4v) is 1.97. The average Bonchev–Trinajstić information content (AvgIpc) is 2.32. The van der Waals surface area contributed by atoms with E-state index in [1.54, 1.807) is 6.07 Å². The molecule has 0 radical (unpaired) electrons. The molecule has 4 heteroatoms. The summed E-state index contributed by atoms with van der Waals surface area (Å²) in [6.07, 6.45) is 1.78. The second kappa shape index (κ2) is 4.88. The van der Waals surface area contributed by atoms with Crippen LogP contribution in [0, 0.1) is 18.3 Å². The molecule has 0 bridgehead atoms. The molecule has 4 nitrogen and oxygen atoms in total. The van der Waals surface area contributed by atoms with E-state index in [-0.39, 0.29) is 11.9 Å². The molecule has 1 heterocycles. The molecule has 0 aromatic heterocycles. The first-order valence-electron chi connectivity index (χ1n) is 5.75. The minimum Gasteiger partial charge on any atom is -0.373 e. The van der Waals surface area contributed by atoms with Crippen LogP contribution in [0.1, 0.15) is 24.0 Å². The molecule has 2 rings (SSSR count). The molecule has 88 valence electrons. The molecule has 1 aromatic rings. The van der Waals surface area contributed by atoms with E-state index in [0.29, 0.717) is 5.56 Å². The molecule has 0 saturated carbocycles. The summed E-state index contributed by atoms with van der Waals surface area (Å²) < 4.78 is 0. The van der Waals surface area contributed by atoms with Gasteiger partial charge in [0, 0.05) is 6.54 Å². The van der Waals surface area contributed by atoms with Gasteiger partial charge in [0.1, 0.15) is 12.1 Å². The van der Waals surface area contributed by atoms with Crippen LogP contribution in [0.4, 0.5) is 5.69 Å². The molecule has 1 aliphatic heterocycles. The number of carbonyl (C=O) groups excluding carboxylic acids is 1. The third kappa shape index (κ3) is 2.56. The van der Waals surface area contributed by atoms with Gasteiger partial charge < -0.3 is 10.6 Å². The van der Waals surface area contributed by atoms with Crippen LogP contribution in [0.25, 0.3) is 0 Å². The van der Waals surface area contributed by atoms with E-state index >= 15 is 0 Å². The van der Waals surface area contributed by atoms with E-state index in [1.807, 2.05) is 19.1 Å². The highest BCUT2D eigenvalue weighted by Crippen LogP contribution is 2.19. The Morgan fingerprint density at radius 1 is 1.53 bits per heavy atom. The SMILES string of the molecule is Cc1ccc(C#N)c(NC2CCCNC2=O)c1.